The SMILES string of the molecule is CC1(C)OB(c2cc3oc4cccc5c4c3c(c2)n2c3ccccc3c3cc4ccccc4c5c32)OC1(C)C. The van der Waals surface area contributed by atoms with E-state index in [1.165, 1.54) is 43.4 Å². The van der Waals surface area contributed by atoms with Gasteiger partial charge in [0.1, 0.15) is 11.2 Å². The molecule has 9 rings (SSSR count). The smallest absolute Gasteiger partial charge is 0.456 e. The van der Waals surface area contributed by atoms with Gasteiger partial charge >= 0.3 is 7.12 Å². The molecule has 0 spiro atoms. The van der Waals surface area contributed by atoms with Crippen LogP contribution >= 0.6 is 0 Å². The molecule has 4 nitrogen and oxygen atoms in total. The maximum atomic E-state index is 6.60. The fourth-order valence-electron chi connectivity index (χ4n) is 6.76. The van der Waals surface area contributed by atoms with Crippen molar-refractivity contribution in [3.63, 3.8) is 0 Å². The van der Waals surface area contributed by atoms with Gasteiger partial charge in [-0.25, -0.2) is 0 Å². The van der Waals surface area contributed by atoms with Gasteiger partial charge in [-0.1, -0.05) is 54.6 Å². The van der Waals surface area contributed by atoms with E-state index in [2.05, 4.69) is 117 Å². The topological polar surface area (TPSA) is 36.0 Å². The number of aromatic nitrogens is 1. The maximum Gasteiger partial charge on any atom is 0.495 e. The summed E-state index contributed by atoms with van der Waals surface area (Å²) in [7, 11) is -0.486. The fourth-order valence-corrected chi connectivity index (χ4v) is 6.76. The van der Waals surface area contributed by atoms with Gasteiger partial charge in [-0.05, 0) is 79.6 Å². The number of hydrogen-bond acceptors (Lipinski definition) is 3. The van der Waals surface area contributed by atoms with Crippen molar-refractivity contribution in [3.05, 3.63) is 84.9 Å². The second kappa shape index (κ2) is 6.92. The van der Waals surface area contributed by atoms with Crippen LogP contribution < -0.4 is 5.46 Å². The van der Waals surface area contributed by atoms with Crippen LogP contribution in [0.3, 0.4) is 0 Å². The van der Waals surface area contributed by atoms with Gasteiger partial charge in [-0.2, -0.15) is 0 Å². The molecule has 1 fully saturated rings. The molecule has 1 aliphatic rings. The average molecular weight is 507 g/mol. The number of hydrogen-bond donors (Lipinski definition) is 0. The van der Waals surface area contributed by atoms with E-state index in [4.69, 9.17) is 13.7 Å². The highest BCUT2D eigenvalue weighted by Gasteiger charge is 2.52. The molecule has 0 unspecified atom stereocenters. The Kier molecular flexibility index (Phi) is 3.88. The third-order valence-corrected chi connectivity index (χ3v) is 9.32. The van der Waals surface area contributed by atoms with Crippen LogP contribution in [0, 0.1) is 0 Å². The molecular weight excluding hydrogens is 481 g/mol. The highest BCUT2D eigenvalue weighted by atomic mass is 16.7. The predicted octanol–water partition coefficient (Wildman–Crippen LogP) is 8.19. The van der Waals surface area contributed by atoms with Crippen LogP contribution in [0.15, 0.2) is 89.3 Å². The second-order valence-electron chi connectivity index (χ2n) is 12.0. The van der Waals surface area contributed by atoms with Crippen LogP contribution in [0.25, 0.3) is 70.8 Å². The summed E-state index contributed by atoms with van der Waals surface area (Å²) < 4.78 is 22.1. The summed E-state index contributed by atoms with van der Waals surface area (Å²) in [4.78, 5) is 0. The van der Waals surface area contributed by atoms with E-state index in [1.807, 2.05) is 0 Å². The molecular formula is C34H26BNO3. The first-order valence-corrected chi connectivity index (χ1v) is 13.6. The number of furan rings is 1. The van der Waals surface area contributed by atoms with Gasteiger partial charge in [0.2, 0.25) is 0 Å². The molecule has 1 aliphatic heterocycles. The molecule has 39 heavy (non-hydrogen) atoms. The molecule has 4 heterocycles. The molecule has 0 saturated carbocycles. The Morgan fingerprint density at radius 3 is 2.13 bits per heavy atom. The summed E-state index contributed by atoms with van der Waals surface area (Å²) in [6, 6.07) is 30.6. The van der Waals surface area contributed by atoms with E-state index in [-0.39, 0.29) is 0 Å². The van der Waals surface area contributed by atoms with E-state index >= 15 is 0 Å². The summed E-state index contributed by atoms with van der Waals surface area (Å²) in [6.07, 6.45) is 0. The van der Waals surface area contributed by atoms with Crippen LogP contribution in [0.2, 0.25) is 0 Å². The summed E-state index contributed by atoms with van der Waals surface area (Å²) in [5.41, 5.74) is 5.36. The Balaban J connectivity index is 1.58. The van der Waals surface area contributed by atoms with Crippen molar-refractivity contribution in [2.45, 2.75) is 38.9 Å². The van der Waals surface area contributed by atoms with Crippen molar-refractivity contribution in [1.82, 2.24) is 4.40 Å². The number of benzene rings is 5. The zero-order valence-corrected chi connectivity index (χ0v) is 22.3. The van der Waals surface area contributed by atoms with Crippen LogP contribution in [0.4, 0.5) is 0 Å². The van der Waals surface area contributed by atoms with E-state index < -0.39 is 18.3 Å². The van der Waals surface area contributed by atoms with Crippen LogP contribution in [0.5, 0.6) is 0 Å². The molecule has 0 amide bonds. The van der Waals surface area contributed by atoms with Gasteiger partial charge in [-0.15, -0.1) is 0 Å². The maximum absolute atomic E-state index is 6.60. The first kappa shape index (κ1) is 21.8. The summed E-state index contributed by atoms with van der Waals surface area (Å²) in [5.74, 6) is 0. The van der Waals surface area contributed by atoms with Gasteiger partial charge in [0.15, 0.2) is 0 Å². The molecule has 1 saturated heterocycles. The van der Waals surface area contributed by atoms with E-state index in [9.17, 15) is 0 Å². The highest BCUT2D eigenvalue weighted by molar-refractivity contribution is 6.62. The minimum Gasteiger partial charge on any atom is -0.456 e. The van der Waals surface area contributed by atoms with Crippen molar-refractivity contribution in [3.8, 4) is 0 Å². The summed E-state index contributed by atoms with van der Waals surface area (Å²) in [5, 5.41) is 9.73. The molecule has 8 aromatic rings. The lowest BCUT2D eigenvalue weighted by atomic mass is 9.78. The molecule has 0 atom stereocenters. The number of fused-ring (bicyclic) bond motifs is 7. The molecule has 5 aromatic carbocycles. The van der Waals surface area contributed by atoms with Crippen molar-refractivity contribution in [2.75, 3.05) is 0 Å². The highest BCUT2D eigenvalue weighted by Crippen LogP contribution is 2.45. The molecule has 3 aromatic heterocycles. The minimum absolute atomic E-state index is 0.430. The molecule has 0 N–H and O–H groups in total. The molecule has 0 radical (unpaired) electrons. The van der Waals surface area contributed by atoms with E-state index in [0.29, 0.717) is 0 Å². The third-order valence-electron chi connectivity index (χ3n) is 9.32. The van der Waals surface area contributed by atoms with Crippen LogP contribution in [-0.2, 0) is 9.31 Å². The van der Waals surface area contributed by atoms with Crippen molar-refractivity contribution in [1.29, 1.82) is 0 Å². The number of nitrogens with zero attached hydrogens (tertiary/aromatic N) is 1. The first-order valence-electron chi connectivity index (χ1n) is 13.6. The van der Waals surface area contributed by atoms with Crippen LogP contribution in [-0.4, -0.2) is 22.7 Å². The lowest BCUT2D eigenvalue weighted by molar-refractivity contribution is 0.00578. The standard InChI is InChI=1S/C34H26BNO3/c1-33(2)34(3,4)39-35(38-33)20-17-26-31-28(18-20)37-27-15-9-13-23(30(27)31)29-21-11-6-5-10-19(21)16-24-22-12-7-8-14-25(22)36(26)32(24)29/h5-18H,1-4H3. The van der Waals surface area contributed by atoms with Gasteiger partial charge in [0, 0.05) is 21.5 Å². The largest absolute Gasteiger partial charge is 0.495 e. The van der Waals surface area contributed by atoms with Gasteiger partial charge in [-0.3, -0.25) is 0 Å². The van der Waals surface area contributed by atoms with E-state index in [0.717, 1.165) is 32.9 Å². The monoisotopic (exact) mass is 507 g/mol. The van der Waals surface area contributed by atoms with Crippen molar-refractivity contribution in [2.24, 2.45) is 0 Å². The lowest BCUT2D eigenvalue weighted by Gasteiger charge is -2.32. The normalized spacial score (nSPS) is 17.4. The first-order chi connectivity index (χ1) is 18.8. The minimum atomic E-state index is -0.486. The zero-order chi connectivity index (χ0) is 26.3. The Hall–Kier alpha value is -4.06. The molecule has 5 heteroatoms. The van der Waals surface area contributed by atoms with Crippen molar-refractivity contribution >= 4 is 83.4 Å². The third kappa shape index (κ3) is 2.62. The molecule has 0 aliphatic carbocycles. The Morgan fingerprint density at radius 2 is 1.31 bits per heavy atom. The Labute approximate surface area is 225 Å². The Bertz CT molecular complexity index is 2290. The number of rotatable bonds is 1. The van der Waals surface area contributed by atoms with E-state index in [1.54, 1.807) is 0 Å². The fraction of sp³-hybridized carbons (Fsp3) is 0.176. The quantitative estimate of drug-likeness (QED) is 0.210. The van der Waals surface area contributed by atoms with Gasteiger partial charge < -0.3 is 18.1 Å². The zero-order valence-electron chi connectivity index (χ0n) is 22.3. The summed E-state index contributed by atoms with van der Waals surface area (Å²) in [6.45, 7) is 8.38. The van der Waals surface area contributed by atoms with Crippen molar-refractivity contribution < 1.29 is 13.7 Å². The molecule has 0 bridgehead atoms. The van der Waals surface area contributed by atoms with Crippen LogP contribution in [0.1, 0.15) is 27.7 Å². The van der Waals surface area contributed by atoms with Gasteiger partial charge in [0.25, 0.3) is 0 Å². The lowest BCUT2D eigenvalue weighted by Crippen LogP contribution is -2.41. The number of para-hydroxylation sites is 1. The predicted molar refractivity (Wildman–Crippen MR) is 162 cm³/mol. The Morgan fingerprint density at radius 1 is 0.590 bits per heavy atom. The second-order valence-corrected chi connectivity index (χ2v) is 12.0. The molecule has 188 valence electrons. The average Bonchev–Trinajstić information content (AvgIpc) is 3.49. The summed E-state index contributed by atoms with van der Waals surface area (Å²) >= 11 is 0. The van der Waals surface area contributed by atoms with Gasteiger partial charge in [0.05, 0.1) is 33.1 Å².